The van der Waals surface area contributed by atoms with Gasteiger partial charge in [0.25, 0.3) is 0 Å². The highest BCUT2D eigenvalue weighted by Crippen LogP contribution is 2.22. The maximum absolute atomic E-state index is 9.13. The molecule has 0 unspecified atom stereocenters. The summed E-state index contributed by atoms with van der Waals surface area (Å²) < 4.78 is 0. The molecule has 3 rings (SSSR count). The van der Waals surface area contributed by atoms with E-state index in [0.717, 1.165) is 10.8 Å². The molecular weight excluding hydrogens is 274 g/mol. The van der Waals surface area contributed by atoms with Gasteiger partial charge in [-0.2, -0.15) is 0 Å². The molecule has 0 atom stereocenters. The number of aromatic hydroxyl groups is 2. The molecule has 0 saturated heterocycles. The Bertz CT molecular complexity index is 728. The van der Waals surface area contributed by atoms with Crippen LogP contribution in [0.3, 0.4) is 0 Å². The topological polar surface area (TPSA) is 66.5 Å². The van der Waals surface area contributed by atoms with Crippen molar-refractivity contribution >= 4 is 28.1 Å². The van der Waals surface area contributed by atoms with Crippen LogP contribution in [-0.2, 0) is 0 Å². The minimum Gasteiger partial charge on any atom is -0.508 e. The average molecular weight is 288 g/mol. The summed E-state index contributed by atoms with van der Waals surface area (Å²) in [6, 6.07) is 17.8. The summed E-state index contributed by atoms with van der Waals surface area (Å²) in [6.45, 7) is 0. The number of phenols is 2. The Balaban J connectivity index is 0.000000151. The van der Waals surface area contributed by atoms with Crippen molar-refractivity contribution in [2.24, 2.45) is 0 Å². The zero-order valence-electron chi connectivity index (χ0n) is 10.6. The van der Waals surface area contributed by atoms with E-state index in [2.05, 4.69) is 0 Å². The number of nitrogens with two attached hydrogens (primary N) is 1. The predicted octanol–water partition coefficient (Wildman–Crippen LogP) is 4.17. The van der Waals surface area contributed by atoms with Gasteiger partial charge in [-0.25, -0.2) is 0 Å². The third kappa shape index (κ3) is 3.56. The largest absolute Gasteiger partial charge is 0.508 e. The van der Waals surface area contributed by atoms with Crippen molar-refractivity contribution in [2.75, 3.05) is 5.73 Å². The molecular formula is C16H14ClNO2. The molecule has 0 aliphatic carbocycles. The van der Waals surface area contributed by atoms with Crippen LogP contribution in [0.25, 0.3) is 10.8 Å². The molecule has 4 N–H and O–H groups in total. The number of phenolic OH excluding ortho intramolecular Hbond substituents is 2. The lowest BCUT2D eigenvalue weighted by atomic mass is 10.1. The van der Waals surface area contributed by atoms with Crippen LogP contribution in [0.5, 0.6) is 11.5 Å². The van der Waals surface area contributed by atoms with Gasteiger partial charge in [0.1, 0.15) is 11.5 Å². The summed E-state index contributed by atoms with van der Waals surface area (Å²) in [5, 5.41) is 20.8. The molecule has 0 amide bonds. The van der Waals surface area contributed by atoms with Crippen LogP contribution in [0, 0.1) is 0 Å². The van der Waals surface area contributed by atoms with E-state index >= 15 is 0 Å². The molecule has 3 nitrogen and oxygen atoms in total. The second kappa shape index (κ2) is 6.17. The Hall–Kier alpha value is -2.39. The lowest BCUT2D eigenvalue weighted by Crippen LogP contribution is -1.83. The highest BCUT2D eigenvalue weighted by atomic mass is 35.5. The molecule has 3 aromatic rings. The zero-order chi connectivity index (χ0) is 14.5. The minimum absolute atomic E-state index is 0.0689. The van der Waals surface area contributed by atoms with Crippen molar-refractivity contribution in [1.82, 2.24) is 0 Å². The standard InChI is InChI=1S/C10H8O.C6H6ClNO/c11-10-6-5-8-3-1-2-4-9(8)7-10;7-4-1-2-6(9)5(8)3-4/h1-7,11H;1-3,9H,8H2. The van der Waals surface area contributed by atoms with E-state index < -0.39 is 0 Å². The number of hydrogen-bond donors (Lipinski definition) is 3. The van der Waals surface area contributed by atoms with E-state index in [1.54, 1.807) is 18.2 Å². The maximum Gasteiger partial charge on any atom is 0.138 e. The third-order valence-corrected chi connectivity index (χ3v) is 2.96. The number of nitrogen functional groups attached to an aromatic ring is 1. The molecule has 0 aliphatic rings. The van der Waals surface area contributed by atoms with Gasteiger partial charge in [-0.3, -0.25) is 0 Å². The van der Waals surface area contributed by atoms with Gasteiger partial charge in [0.2, 0.25) is 0 Å². The van der Waals surface area contributed by atoms with Gasteiger partial charge in [-0.05, 0) is 41.1 Å². The zero-order valence-corrected chi connectivity index (χ0v) is 11.4. The van der Waals surface area contributed by atoms with Crippen molar-refractivity contribution in [2.45, 2.75) is 0 Å². The van der Waals surface area contributed by atoms with Gasteiger partial charge < -0.3 is 15.9 Å². The van der Waals surface area contributed by atoms with Crippen LogP contribution in [0.15, 0.2) is 60.7 Å². The van der Waals surface area contributed by atoms with E-state index in [-0.39, 0.29) is 5.75 Å². The van der Waals surface area contributed by atoms with E-state index in [1.165, 1.54) is 12.1 Å². The highest BCUT2D eigenvalue weighted by Gasteiger charge is 1.94. The SMILES string of the molecule is Nc1cc(Cl)ccc1O.Oc1ccc2ccccc2c1. The van der Waals surface area contributed by atoms with Crippen molar-refractivity contribution in [3.63, 3.8) is 0 Å². The Morgan fingerprint density at radius 1 is 0.800 bits per heavy atom. The van der Waals surface area contributed by atoms with Gasteiger partial charge in [-0.15, -0.1) is 0 Å². The van der Waals surface area contributed by atoms with Crippen LogP contribution in [-0.4, -0.2) is 10.2 Å². The second-order valence-electron chi connectivity index (χ2n) is 4.23. The van der Waals surface area contributed by atoms with E-state index in [4.69, 9.17) is 27.5 Å². The molecule has 0 aliphatic heterocycles. The van der Waals surface area contributed by atoms with E-state index in [0.29, 0.717) is 16.5 Å². The first-order valence-corrected chi connectivity index (χ1v) is 6.36. The van der Waals surface area contributed by atoms with Gasteiger partial charge in [0.15, 0.2) is 0 Å². The Labute approximate surface area is 121 Å². The summed E-state index contributed by atoms with van der Waals surface area (Å²) in [6.07, 6.45) is 0. The first kappa shape index (κ1) is 14.0. The molecule has 0 spiro atoms. The van der Waals surface area contributed by atoms with Gasteiger partial charge in [0.05, 0.1) is 5.69 Å². The Kier molecular flexibility index (Phi) is 4.33. The number of benzene rings is 3. The number of halogens is 1. The fourth-order valence-electron chi connectivity index (χ4n) is 1.70. The molecule has 0 heterocycles. The van der Waals surface area contributed by atoms with Crippen molar-refractivity contribution in [3.8, 4) is 11.5 Å². The first-order chi connectivity index (χ1) is 9.56. The molecule has 3 aromatic carbocycles. The molecule has 4 heteroatoms. The molecule has 20 heavy (non-hydrogen) atoms. The Morgan fingerprint density at radius 3 is 2.15 bits per heavy atom. The van der Waals surface area contributed by atoms with Crippen LogP contribution in [0.1, 0.15) is 0 Å². The maximum atomic E-state index is 9.13. The number of hydrogen-bond acceptors (Lipinski definition) is 3. The molecule has 0 radical (unpaired) electrons. The second-order valence-corrected chi connectivity index (χ2v) is 4.67. The van der Waals surface area contributed by atoms with Crippen molar-refractivity contribution in [3.05, 3.63) is 65.7 Å². The minimum atomic E-state index is 0.0689. The molecule has 0 aromatic heterocycles. The Morgan fingerprint density at radius 2 is 1.50 bits per heavy atom. The fraction of sp³-hybridized carbons (Fsp3) is 0. The summed E-state index contributed by atoms with van der Waals surface area (Å²) in [5.41, 5.74) is 5.59. The summed E-state index contributed by atoms with van der Waals surface area (Å²) in [4.78, 5) is 0. The van der Waals surface area contributed by atoms with Crippen LogP contribution in [0.2, 0.25) is 5.02 Å². The van der Waals surface area contributed by atoms with E-state index in [1.807, 2.05) is 30.3 Å². The molecule has 0 saturated carbocycles. The monoisotopic (exact) mass is 287 g/mol. The summed E-state index contributed by atoms with van der Waals surface area (Å²) in [5.74, 6) is 0.392. The lowest BCUT2D eigenvalue weighted by molar-refractivity contribution is 0.476. The first-order valence-electron chi connectivity index (χ1n) is 5.98. The van der Waals surface area contributed by atoms with Gasteiger partial charge in [-0.1, -0.05) is 41.9 Å². The number of fused-ring (bicyclic) bond motifs is 1. The predicted molar refractivity (Wildman–Crippen MR) is 83.1 cm³/mol. The van der Waals surface area contributed by atoms with Gasteiger partial charge in [0, 0.05) is 5.02 Å². The average Bonchev–Trinajstić information content (AvgIpc) is 2.44. The molecule has 0 fully saturated rings. The lowest BCUT2D eigenvalue weighted by Gasteiger charge is -1.96. The van der Waals surface area contributed by atoms with Crippen LogP contribution < -0.4 is 5.73 Å². The smallest absolute Gasteiger partial charge is 0.138 e. The molecule has 102 valence electrons. The highest BCUT2D eigenvalue weighted by molar-refractivity contribution is 6.30. The van der Waals surface area contributed by atoms with Gasteiger partial charge >= 0.3 is 0 Å². The van der Waals surface area contributed by atoms with E-state index in [9.17, 15) is 0 Å². The number of rotatable bonds is 0. The third-order valence-electron chi connectivity index (χ3n) is 2.72. The van der Waals surface area contributed by atoms with Crippen molar-refractivity contribution < 1.29 is 10.2 Å². The van der Waals surface area contributed by atoms with Crippen molar-refractivity contribution in [1.29, 1.82) is 0 Å². The normalized spacial score (nSPS) is 9.85. The summed E-state index contributed by atoms with van der Waals surface area (Å²) >= 11 is 5.53. The fourth-order valence-corrected chi connectivity index (χ4v) is 1.88. The number of anilines is 1. The van der Waals surface area contributed by atoms with Crippen LogP contribution >= 0.6 is 11.6 Å². The van der Waals surface area contributed by atoms with Crippen LogP contribution in [0.4, 0.5) is 5.69 Å². The molecule has 0 bridgehead atoms. The quantitative estimate of drug-likeness (QED) is 0.429. The summed E-state index contributed by atoms with van der Waals surface area (Å²) in [7, 11) is 0.